The molecule has 1 aliphatic rings. The number of carbonyl (C=O) groups is 2. The summed E-state index contributed by atoms with van der Waals surface area (Å²) in [7, 11) is 0. The van der Waals surface area contributed by atoms with Gasteiger partial charge in [0.25, 0.3) is 5.91 Å². The van der Waals surface area contributed by atoms with Crippen LogP contribution in [0.5, 0.6) is 11.5 Å². The third kappa shape index (κ3) is 9.18. The Bertz CT molecular complexity index is 1520. The Morgan fingerprint density at radius 3 is 2.07 bits per heavy atom. The standard InChI is InChI=1S/C37H42N6O3/c38-37(39)40-23-10-17-34-36(45)43(26-33(27-11-4-1-5-12-27)28-13-6-2-7-14-28)24-22-30(42-34)25-41-35(44)29-18-20-32(21-19-29)46-31-15-8-3-9-16-31/h1-9,11-16,18-21,30,33-34,42H,10,17,22-26H2,(H,41,44)(H4,38,39,40). The average molecular weight is 619 g/mol. The average Bonchev–Trinajstić information content (AvgIpc) is 3.23. The number of guanidine groups is 1. The van der Waals surface area contributed by atoms with Crippen molar-refractivity contribution in [2.45, 2.75) is 37.3 Å². The van der Waals surface area contributed by atoms with Crippen LogP contribution < -0.4 is 26.8 Å². The molecule has 2 atom stereocenters. The number of hydrogen-bond acceptors (Lipinski definition) is 5. The van der Waals surface area contributed by atoms with Gasteiger partial charge in [0.2, 0.25) is 5.91 Å². The van der Waals surface area contributed by atoms with E-state index in [2.05, 4.69) is 39.9 Å². The maximum Gasteiger partial charge on any atom is 0.251 e. The Morgan fingerprint density at radius 1 is 0.870 bits per heavy atom. The molecule has 0 aliphatic carbocycles. The zero-order valence-electron chi connectivity index (χ0n) is 25.9. The van der Waals surface area contributed by atoms with Crippen molar-refractivity contribution in [2.24, 2.45) is 16.5 Å². The minimum absolute atomic E-state index is 0.0266. The number of nitrogens with two attached hydrogens (primary N) is 2. The first-order valence-electron chi connectivity index (χ1n) is 15.8. The first-order valence-corrected chi connectivity index (χ1v) is 15.8. The first kappa shape index (κ1) is 32.2. The molecule has 9 heteroatoms. The van der Waals surface area contributed by atoms with Gasteiger partial charge in [0, 0.05) is 43.7 Å². The highest BCUT2D eigenvalue weighted by atomic mass is 16.5. The Morgan fingerprint density at radius 2 is 1.46 bits per heavy atom. The predicted molar refractivity (Wildman–Crippen MR) is 182 cm³/mol. The lowest BCUT2D eigenvalue weighted by atomic mass is 9.90. The molecule has 1 aliphatic heterocycles. The molecule has 5 rings (SSSR count). The minimum Gasteiger partial charge on any atom is -0.457 e. The van der Waals surface area contributed by atoms with Crippen LogP contribution in [0.25, 0.3) is 0 Å². The molecular weight excluding hydrogens is 576 g/mol. The number of nitrogens with one attached hydrogen (secondary N) is 2. The number of hydrogen-bond donors (Lipinski definition) is 4. The molecule has 2 unspecified atom stereocenters. The van der Waals surface area contributed by atoms with Crippen molar-refractivity contribution >= 4 is 17.8 Å². The van der Waals surface area contributed by atoms with E-state index in [1.165, 1.54) is 0 Å². The zero-order chi connectivity index (χ0) is 32.1. The zero-order valence-corrected chi connectivity index (χ0v) is 25.9. The summed E-state index contributed by atoms with van der Waals surface area (Å²) in [6, 6.07) is 36.6. The van der Waals surface area contributed by atoms with Crippen molar-refractivity contribution in [3.63, 3.8) is 0 Å². The van der Waals surface area contributed by atoms with Gasteiger partial charge < -0.3 is 31.7 Å². The van der Waals surface area contributed by atoms with Gasteiger partial charge in [0.15, 0.2) is 5.96 Å². The maximum absolute atomic E-state index is 14.0. The van der Waals surface area contributed by atoms with Crippen LogP contribution in [0.1, 0.15) is 46.7 Å². The van der Waals surface area contributed by atoms with Crippen LogP contribution in [-0.4, -0.2) is 60.9 Å². The summed E-state index contributed by atoms with van der Waals surface area (Å²) in [6.45, 7) is 1.94. The van der Waals surface area contributed by atoms with Crippen molar-refractivity contribution in [3.05, 3.63) is 132 Å². The number of benzene rings is 4. The summed E-state index contributed by atoms with van der Waals surface area (Å²) in [5, 5.41) is 6.61. The van der Waals surface area contributed by atoms with E-state index in [0.29, 0.717) is 56.8 Å². The number of amides is 2. The van der Waals surface area contributed by atoms with Gasteiger partial charge in [0.05, 0.1) is 6.04 Å². The fourth-order valence-corrected chi connectivity index (χ4v) is 5.75. The quantitative estimate of drug-likeness (QED) is 0.0979. The lowest BCUT2D eigenvalue weighted by molar-refractivity contribution is -0.133. The molecule has 0 bridgehead atoms. The maximum atomic E-state index is 14.0. The highest BCUT2D eigenvalue weighted by Crippen LogP contribution is 2.27. The molecule has 4 aromatic carbocycles. The minimum atomic E-state index is -0.430. The van der Waals surface area contributed by atoms with Gasteiger partial charge in [-0.15, -0.1) is 0 Å². The molecule has 0 aromatic heterocycles. The third-order valence-corrected chi connectivity index (χ3v) is 8.15. The van der Waals surface area contributed by atoms with E-state index in [-0.39, 0.29) is 29.7 Å². The molecule has 0 spiro atoms. The first-order chi connectivity index (χ1) is 22.5. The highest BCUT2D eigenvalue weighted by Gasteiger charge is 2.32. The number of aliphatic imine (C=N–C) groups is 1. The van der Waals surface area contributed by atoms with Crippen molar-refractivity contribution in [1.29, 1.82) is 0 Å². The van der Waals surface area contributed by atoms with E-state index in [9.17, 15) is 9.59 Å². The van der Waals surface area contributed by atoms with Crippen LogP contribution in [0.2, 0.25) is 0 Å². The normalized spacial score (nSPS) is 16.5. The highest BCUT2D eigenvalue weighted by molar-refractivity contribution is 5.94. The predicted octanol–water partition coefficient (Wildman–Crippen LogP) is 4.65. The summed E-state index contributed by atoms with van der Waals surface area (Å²) in [5.41, 5.74) is 13.9. The Balaban J connectivity index is 1.26. The van der Waals surface area contributed by atoms with Crippen LogP contribution >= 0.6 is 0 Å². The molecule has 1 saturated heterocycles. The second-order valence-electron chi connectivity index (χ2n) is 11.5. The number of rotatable bonds is 13. The van der Waals surface area contributed by atoms with Crippen molar-refractivity contribution in [1.82, 2.24) is 15.5 Å². The molecule has 0 saturated carbocycles. The van der Waals surface area contributed by atoms with E-state index in [4.69, 9.17) is 16.2 Å². The van der Waals surface area contributed by atoms with E-state index in [0.717, 1.165) is 16.9 Å². The topological polar surface area (TPSA) is 135 Å². The molecule has 6 N–H and O–H groups in total. The van der Waals surface area contributed by atoms with Crippen LogP contribution in [-0.2, 0) is 4.79 Å². The van der Waals surface area contributed by atoms with Crippen LogP contribution in [0.4, 0.5) is 0 Å². The number of para-hydroxylation sites is 1. The Hall–Kier alpha value is -5.15. The van der Waals surface area contributed by atoms with Crippen LogP contribution in [0.3, 0.4) is 0 Å². The fraction of sp³-hybridized carbons (Fsp3) is 0.270. The molecule has 238 valence electrons. The fourth-order valence-electron chi connectivity index (χ4n) is 5.75. The van der Waals surface area contributed by atoms with Gasteiger partial charge in [-0.25, -0.2) is 0 Å². The largest absolute Gasteiger partial charge is 0.457 e. The van der Waals surface area contributed by atoms with Crippen LogP contribution in [0.15, 0.2) is 120 Å². The van der Waals surface area contributed by atoms with Crippen molar-refractivity contribution in [3.8, 4) is 11.5 Å². The van der Waals surface area contributed by atoms with Gasteiger partial charge in [0.1, 0.15) is 11.5 Å². The van der Waals surface area contributed by atoms with Gasteiger partial charge in [-0.2, -0.15) is 0 Å². The summed E-state index contributed by atoms with van der Waals surface area (Å²) < 4.78 is 5.85. The van der Waals surface area contributed by atoms with Crippen molar-refractivity contribution in [2.75, 3.05) is 26.2 Å². The van der Waals surface area contributed by atoms with Gasteiger partial charge in [-0.1, -0.05) is 78.9 Å². The molecular formula is C37H42N6O3. The van der Waals surface area contributed by atoms with Gasteiger partial charge >= 0.3 is 0 Å². The molecule has 9 nitrogen and oxygen atoms in total. The Kier molecular flexibility index (Phi) is 11.4. The number of ether oxygens (including phenoxy) is 1. The molecule has 2 amide bonds. The number of nitrogens with zero attached hydrogens (tertiary/aromatic N) is 2. The van der Waals surface area contributed by atoms with E-state index in [1.54, 1.807) is 24.3 Å². The third-order valence-electron chi connectivity index (χ3n) is 8.15. The van der Waals surface area contributed by atoms with E-state index in [1.807, 2.05) is 71.6 Å². The van der Waals surface area contributed by atoms with Crippen LogP contribution in [0, 0.1) is 0 Å². The summed E-state index contributed by atoms with van der Waals surface area (Å²) in [4.78, 5) is 33.2. The monoisotopic (exact) mass is 618 g/mol. The molecule has 0 radical (unpaired) electrons. The second-order valence-corrected chi connectivity index (χ2v) is 11.5. The molecule has 46 heavy (non-hydrogen) atoms. The lowest BCUT2D eigenvalue weighted by Gasteiger charge is -2.29. The van der Waals surface area contributed by atoms with Crippen molar-refractivity contribution < 1.29 is 14.3 Å². The molecule has 1 fully saturated rings. The molecule has 1 heterocycles. The molecule has 4 aromatic rings. The summed E-state index contributed by atoms with van der Waals surface area (Å²) in [6.07, 6.45) is 1.91. The lowest BCUT2D eigenvalue weighted by Crippen LogP contribution is -2.49. The van der Waals surface area contributed by atoms with E-state index < -0.39 is 6.04 Å². The van der Waals surface area contributed by atoms with E-state index >= 15 is 0 Å². The second kappa shape index (κ2) is 16.2. The summed E-state index contributed by atoms with van der Waals surface area (Å²) in [5.74, 6) is 1.31. The SMILES string of the molecule is NC(N)=NCCCC1NC(CNC(=O)c2ccc(Oc3ccccc3)cc2)CCN(CC(c2ccccc2)c2ccccc2)C1=O. The smallest absolute Gasteiger partial charge is 0.251 e. The van der Waals surface area contributed by atoms with Gasteiger partial charge in [-0.05, 0) is 66.8 Å². The van der Waals surface area contributed by atoms with Gasteiger partial charge in [-0.3, -0.25) is 14.6 Å². The number of carbonyl (C=O) groups excluding carboxylic acids is 2. The summed E-state index contributed by atoms with van der Waals surface area (Å²) >= 11 is 0. The Labute approximate surface area is 270 Å².